The van der Waals surface area contributed by atoms with Crippen LogP contribution in [0.5, 0.6) is 0 Å². The van der Waals surface area contributed by atoms with Crippen LogP contribution in [0.3, 0.4) is 0 Å². The van der Waals surface area contributed by atoms with Crippen LogP contribution in [-0.2, 0) is 9.53 Å². The lowest BCUT2D eigenvalue weighted by Crippen LogP contribution is -2.50. The summed E-state index contributed by atoms with van der Waals surface area (Å²) < 4.78 is 5.03. The van der Waals surface area contributed by atoms with Gasteiger partial charge in [0.25, 0.3) is 0 Å². The number of nitrogens with zero attached hydrogens (tertiary/aromatic N) is 3. The molecule has 2 rings (SSSR count). The number of hydrogen-bond donors (Lipinski definition) is 4. The van der Waals surface area contributed by atoms with Crippen molar-refractivity contribution in [2.45, 2.75) is 38.8 Å². The molecule has 0 unspecified atom stereocenters. The Morgan fingerprint density at radius 1 is 1.38 bits per heavy atom. The largest absolute Gasteiger partial charge is 0.464 e. The van der Waals surface area contributed by atoms with E-state index in [1.165, 1.54) is 19.6 Å². The van der Waals surface area contributed by atoms with Crippen molar-refractivity contribution in [1.29, 1.82) is 0 Å². The molecule has 10 nitrogen and oxygen atoms in total. The van der Waals surface area contributed by atoms with Crippen LogP contribution in [0.25, 0.3) is 11.2 Å². The third-order valence-electron chi connectivity index (χ3n) is 3.22. The van der Waals surface area contributed by atoms with Gasteiger partial charge >= 0.3 is 12.0 Å². The van der Waals surface area contributed by atoms with Crippen LogP contribution < -0.4 is 10.6 Å². The topological polar surface area (TPSA) is 142 Å². The first-order valence-corrected chi connectivity index (χ1v) is 7.59. The maximum Gasteiger partial charge on any atom is 0.331 e. The van der Waals surface area contributed by atoms with E-state index in [0.717, 1.165) is 6.42 Å². The molecule has 2 amide bonds. The van der Waals surface area contributed by atoms with Gasteiger partial charge in [-0.15, -0.1) is 0 Å². The second kappa shape index (κ2) is 8.20. The number of ether oxygens (including phenoxy) is 1. The quantitative estimate of drug-likeness (QED) is 0.427. The second-order valence-corrected chi connectivity index (χ2v) is 5.16. The fraction of sp³-hybridized carbons (Fsp3) is 0.500. The smallest absolute Gasteiger partial charge is 0.331 e. The zero-order chi connectivity index (χ0) is 17.5. The Bertz CT molecular complexity index is 701. The number of rotatable bonds is 7. The molecular formula is C14H20N6O4. The van der Waals surface area contributed by atoms with E-state index in [-0.39, 0.29) is 12.4 Å². The zero-order valence-electron chi connectivity index (χ0n) is 13.4. The van der Waals surface area contributed by atoms with Crippen molar-refractivity contribution in [3.63, 3.8) is 0 Å². The Hall–Kier alpha value is -2.75. The van der Waals surface area contributed by atoms with Gasteiger partial charge in [-0.3, -0.25) is 5.32 Å². The Balaban J connectivity index is 2.00. The highest BCUT2D eigenvalue weighted by Gasteiger charge is 2.27. The highest BCUT2D eigenvalue weighted by molar-refractivity contribution is 5.97. The summed E-state index contributed by atoms with van der Waals surface area (Å²) in [6, 6.07) is -1.89. The lowest BCUT2D eigenvalue weighted by molar-refractivity contribution is -0.148. The maximum atomic E-state index is 12.1. The zero-order valence-corrected chi connectivity index (χ0v) is 13.4. The van der Waals surface area contributed by atoms with Gasteiger partial charge in [-0.05, 0) is 13.3 Å². The first kappa shape index (κ1) is 17.6. The number of esters is 1. The predicted octanol–water partition coefficient (Wildman–Crippen LogP) is 0.567. The first-order chi connectivity index (χ1) is 11.5. The molecule has 0 saturated carbocycles. The van der Waals surface area contributed by atoms with E-state index in [4.69, 9.17) is 4.74 Å². The van der Waals surface area contributed by atoms with Crippen LogP contribution in [0.15, 0.2) is 12.7 Å². The Kier molecular flexibility index (Phi) is 6.01. The molecule has 0 aliphatic rings. The van der Waals surface area contributed by atoms with E-state index in [9.17, 15) is 14.7 Å². The molecule has 4 N–H and O–H groups in total. The van der Waals surface area contributed by atoms with Gasteiger partial charge in [0.15, 0.2) is 17.5 Å². The number of fused-ring (bicyclic) bond motifs is 1. The molecule has 0 bridgehead atoms. The molecule has 24 heavy (non-hydrogen) atoms. The first-order valence-electron chi connectivity index (χ1n) is 7.59. The molecule has 0 spiro atoms. The average molecular weight is 336 g/mol. The number of aromatic nitrogens is 4. The third-order valence-corrected chi connectivity index (χ3v) is 3.22. The highest BCUT2D eigenvalue weighted by atomic mass is 16.5. The molecule has 130 valence electrons. The van der Waals surface area contributed by atoms with Gasteiger partial charge < -0.3 is 20.1 Å². The van der Waals surface area contributed by atoms with Gasteiger partial charge in [0.05, 0.1) is 19.0 Å². The fourth-order valence-corrected chi connectivity index (χ4v) is 1.93. The van der Waals surface area contributed by atoms with Crippen molar-refractivity contribution < 1.29 is 19.4 Å². The van der Waals surface area contributed by atoms with E-state index >= 15 is 0 Å². The highest BCUT2D eigenvalue weighted by Crippen LogP contribution is 2.14. The molecule has 0 aromatic carbocycles. The summed E-state index contributed by atoms with van der Waals surface area (Å²) in [5, 5.41) is 14.6. The minimum absolute atomic E-state index is 0.207. The molecule has 0 saturated heterocycles. The second-order valence-electron chi connectivity index (χ2n) is 5.16. The summed E-state index contributed by atoms with van der Waals surface area (Å²) in [5.74, 6) is -0.485. The Labute approximate surface area is 138 Å². The summed E-state index contributed by atoms with van der Waals surface area (Å²) in [4.78, 5) is 38.7. The molecule has 2 heterocycles. The average Bonchev–Trinajstić information content (AvgIpc) is 3.02. The number of aromatic amines is 1. The summed E-state index contributed by atoms with van der Waals surface area (Å²) in [6.45, 7) is 3.59. The van der Waals surface area contributed by atoms with Crippen molar-refractivity contribution in [3.8, 4) is 0 Å². The van der Waals surface area contributed by atoms with Gasteiger partial charge in [0.2, 0.25) is 0 Å². The van der Waals surface area contributed by atoms with E-state index in [1.54, 1.807) is 0 Å². The number of carbonyl (C=O) groups excluding carboxylic acids is 2. The third kappa shape index (κ3) is 4.38. The van der Waals surface area contributed by atoms with Crippen LogP contribution in [0.4, 0.5) is 10.6 Å². The van der Waals surface area contributed by atoms with Crippen molar-refractivity contribution in [2.24, 2.45) is 0 Å². The minimum atomic E-state index is -1.18. The summed E-state index contributed by atoms with van der Waals surface area (Å²) in [5.41, 5.74) is 0.845. The van der Waals surface area contributed by atoms with Crippen LogP contribution in [0.1, 0.15) is 26.7 Å². The monoisotopic (exact) mass is 336 g/mol. The van der Waals surface area contributed by atoms with Crippen LogP contribution in [-0.4, -0.2) is 55.8 Å². The molecule has 2 aromatic rings. The van der Waals surface area contributed by atoms with E-state index in [2.05, 4.69) is 30.6 Å². The SMILES string of the molecule is CCCCOC(=O)[C@@H](NC(=O)Nc1ncnc2nc[nH]c12)[C@@H](C)O. The standard InChI is InChI=1S/C14H20N6O4/c1-3-4-5-24-13(22)9(8(2)21)19-14(23)20-12-10-11(16-6-15-10)17-7-18-12/h6-9,21H,3-5H2,1-2H3,(H3,15,16,17,18,19,20,23)/t8-,9+/m1/s1. The Morgan fingerprint density at radius 3 is 2.88 bits per heavy atom. The molecular weight excluding hydrogens is 316 g/mol. The molecule has 0 aliphatic heterocycles. The van der Waals surface area contributed by atoms with Gasteiger partial charge in [-0.2, -0.15) is 0 Å². The van der Waals surface area contributed by atoms with Crippen LogP contribution in [0.2, 0.25) is 0 Å². The lowest BCUT2D eigenvalue weighted by Gasteiger charge is -2.20. The van der Waals surface area contributed by atoms with Crippen molar-refractivity contribution in [1.82, 2.24) is 25.3 Å². The molecule has 10 heteroatoms. The molecule has 0 aliphatic carbocycles. The minimum Gasteiger partial charge on any atom is -0.464 e. The fourth-order valence-electron chi connectivity index (χ4n) is 1.93. The predicted molar refractivity (Wildman–Crippen MR) is 85.2 cm³/mol. The number of nitrogens with one attached hydrogen (secondary N) is 3. The summed E-state index contributed by atoms with van der Waals surface area (Å²) in [7, 11) is 0. The number of anilines is 1. The number of amides is 2. The van der Waals surface area contributed by atoms with E-state index in [1.807, 2.05) is 6.92 Å². The number of carbonyl (C=O) groups is 2. The maximum absolute atomic E-state index is 12.1. The summed E-state index contributed by atoms with van der Waals surface area (Å²) in [6.07, 6.45) is 3.15. The van der Waals surface area contributed by atoms with Gasteiger partial charge in [0.1, 0.15) is 11.8 Å². The summed E-state index contributed by atoms with van der Waals surface area (Å²) >= 11 is 0. The van der Waals surface area contributed by atoms with Gasteiger partial charge in [-0.1, -0.05) is 13.3 Å². The van der Waals surface area contributed by atoms with Crippen molar-refractivity contribution in [3.05, 3.63) is 12.7 Å². The van der Waals surface area contributed by atoms with Crippen LogP contribution in [0, 0.1) is 0 Å². The normalized spacial score (nSPS) is 13.3. The van der Waals surface area contributed by atoms with E-state index < -0.39 is 24.1 Å². The molecule has 0 fully saturated rings. The number of aliphatic hydroxyl groups is 1. The number of aliphatic hydroxyl groups excluding tert-OH is 1. The Morgan fingerprint density at radius 2 is 2.17 bits per heavy atom. The number of hydrogen-bond acceptors (Lipinski definition) is 7. The van der Waals surface area contributed by atoms with Crippen molar-refractivity contribution >= 4 is 29.0 Å². The number of urea groups is 1. The lowest BCUT2D eigenvalue weighted by atomic mass is 10.2. The van der Waals surface area contributed by atoms with Crippen LogP contribution >= 0.6 is 0 Å². The van der Waals surface area contributed by atoms with Gasteiger partial charge in [-0.25, -0.2) is 24.5 Å². The number of imidazole rings is 1. The van der Waals surface area contributed by atoms with Gasteiger partial charge in [0, 0.05) is 0 Å². The molecule has 2 aromatic heterocycles. The molecule has 2 atom stereocenters. The number of H-pyrrole nitrogens is 1. The number of unbranched alkanes of at least 4 members (excludes halogenated alkanes) is 1. The molecule has 0 radical (unpaired) electrons. The van der Waals surface area contributed by atoms with Crippen molar-refractivity contribution in [2.75, 3.05) is 11.9 Å². The van der Waals surface area contributed by atoms with E-state index in [0.29, 0.717) is 17.6 Å².